The van der Waals surface area contributed by atoms with Crippen LogP contribution in [0.3, 0.4) is 0 Å². The topological polar surface area (TPSA) is 66.2 Å². The van der Waals surface area contributed by atoms with Crippen LogP contribution in [-0.4, -0.2) is 55.2 Å². The molecule has 0 aliphatic carbocycles. The molecular formula is C16H20FN4O2S+. The fraction of sp³-hybridized carbons (Fsp3) is 0.375. The van der Waals surface area contributed by atoms with Crippen molar-refractivity contribution in [1.29, 1.82) is 0 Å². The first-order chi connectivity index (χ1) is 11.4. The molecule has 1 aliphatic heterocycles. The average molecular weight is 351 g/mol. The number of aliphatic imine (C=N–C) groups is 1. The summed E-state index contributed by atoms with van der Waals surface area (Å²) >= 11 is 5.08. The molecule has 2 rings (SSSR count). The maximum Gasteiger partial charge on any atom is 0.247 e. The Hall–Kier alpha value is -2.19. The minimum absolute atomic E-state index is 0.0525. The Bertz CT molecular complexity index is 661. The van der Waals surface area contributed by atoms with Crippen LogP contribution in [0.25, 0.3) is 0 Å². The first kappa shape index (κ1) is 18.2. The third kappa shape index (κ3) is 4.65. The highest BCUT2D eigenvalue weighted by atomic mass is 32.1. The Kier molecular flexibility index (Phi) is 6.10. The number of thiocarbonyl (C=S) groups is 1. The zero-order valence-corrected chi connectivity index (χ0v) is 14.4. The van der Waals surface area contributed by atoms with Gasteiger partial charge in [-0.1, -0.05) is 12.1 Å². The Morgan fingerprint density at radius 1 is 1.33 bits per heavy atom. The van der Waals surface area contributed by atoms with E-state index in [4.69, 9.17) is 12.2 Å². The zero-order chi connectivity index (χ0) is 17.7. The van der Waals surface area contributed by atoms with Crippen LogP contribution in [0.1, 0.15) is 5.56 Å². The highest BCUT2D eigenvalue weighted by Crippen LogP contribution is 2.14. The van der Waals surface area contributed by atoms with Crippen LogP contribution < -0.4 is 10.2 Å². The van der Waals surface area contributed by atoms with Gasteiger partial charge in [-0.15, -0.1) is 0 Å². The first-order valence-electron chi connectivity index (χ1n) is 7.58. The second kappa shape index (κ2) is 8.07. The van der Waals surface area contributed by atoms with E-state index in [2.05, 4.69) is 10.3 Å². The predicted octanol–water partition coefficient (Wildman–Crippen LogP) is -0.599. The van der Waals surface area contributed by atoms with Gasteiger partial charge in [-0.3, -0.25) is 19.5 Å². The number of carbonyl (C=O) groups is 2. The summed E-state index contributed by atoms with van der Waals surface area (Å²) in [5.41, 5.74) is 0.718. The van der Waals surface area contributed by atoms with Crippen LogP contribution >= 0.6 is 12.2 Å². The number of amides is 2. The smallest absolute Gasteiger partial charge is 0.247 e. The molecule has 0 saturated carbocycles. The molecule has 128 valence electrons. The highest BCUT2D eigenvalue weighted by molar-refractivity contribution is 7.80. The number of quaternary nitrogens is 1. The van der Waals surface area contributed by atoms with Gasteiger partial charge < -0.3 is 10.2 Å². The lowest BCUT2D eigenvalue weighted by Gasteiger charge is -2.31. The van der Waals surface area contributed by atoms with E-state index < -0.39 is 17.7 Å². The van der Waals surface area contributed by atoms with Crippen LogP contribution in [-0.2, 0) is 16.1 Å². The van der Waals surface area contributed by atoms with E-state index >= 15 is 0 Å². The molecule has 2 amide bonds. The molecule has 2 N–H and O–H groups in total. The van der Waals surface area contributed by atoms with Crippen molar-refractivity contribution in [2.75, 3.05) is 27.2 Å². The van der Waals surface area contributed by atoms with E-state index in [1.54, 1.807) is 12.1 Å². The van der Waals surface area contributed by atoms with Crippen molar-refractivity contribution < 1.29 is 18.9 Å². The maximum atomic E-state index is 13.0. The number of carbonyl (C=O) groups excluding carboxylic acids is 2. The predicted molar refractivity (Wildman–Crippen MR) is 92.2 cm³/mol. The maximum absolute atomic E-state index is 13.0. The van der Waals surface area contributed by atoms with Crippen LogP contribution in [0.4, 0.5) is 4.39 Å². The van der Waals surface area contributed by atoms with Crippen LogP contribution in [0, 0.1) is 11.7 Å². The molecule has 1 aromatic rings. The van der Waals surface area contributed by atoms with Crippen LogP contribution in [0.5, 0.6) is 0 Å². The minimum atomic E-state index is -0.991. The first-order valence-corrected chi connectivity index (χ1v) is 7.99. The standard InChI is InChI=1S/C16H19FN4O2S/c1-20(2)8-7-18-9-13-14(22)19-16(24)21(15(13)23)10-11-3-5-12(17)6-4-11/h3-6,9,13H,7-8,10H2,1-2H3,(H,19,22,24)/p+1. The van der Waals surface area contributed by atoms with E-state index in [-0.39, 0.29) is 17.5 Å². The van der Waals surface area contributed by atoms with Crippen molar-refractivity contribution in [2.24, 2.45) is 10.9 Å². The molecule has 8 heteroatoms. The Balaban J connectivity index is 2.08. The molecule has 0 spiro atoms. The van der Waals surface area contributed by atoms with Gasteiger partial charge in [0.2, 0.25) is 11.8 Å². The van der Waals surface area contributed by atoms with Gasteiger partial charge in [0.25, 0.3) is 0 Å². The van der Waals surface area contributed by atoms with E-state index in [1.807, 2.05) is 14.1 Å². The normalized spacial score (nSPS) is 18.6. The SMILES string of the molecule is C[NH+](C)CCN=CC1C(=O)NC(=S)N(Cc2ccc(F)cc2)C1=O. The molecule has 1 atom stereocenters. The van der Waals surface area contributed by atoms with Crippen LogP contribution in [0.15, 0.2) is 29.3 Å². The number of rotatable bonds is 6. The Morgan fingerprint density at radius 3 is 2.62 bits per heavy atom. The van der Waals surface area contributed by atoms with Gasteiger partial charge in [0.05, 0.1) is 33.7 Å². The van der Waals surface area contributed by atoms with E-state index in [0.717, 1.165) is 12.1 Å². The lowest BCUT2D eigenvalue weighted by atomic mass is 10.1. The number of hydrogen-bond acceptors (Lipinski definition) is 4. The van der Waals surface area contributed by atoms with Crippen LogP contribution in [0.2, 0.25) is 0 Å². The quantitative estimate of drug-likeness (QED) is 0.409. The highest BCUT2D eigenvalue weighted by Gasteiger charge is 2.37. The minimum Gasteiger partial charge on any atom is -0.338 e. The van der Waals surface area contributed by atoms with Gasteiger partial charge in [0.1, 0.15) is 5.82 Å². The molecule has 1 saturated heterocycles. The molecule has 1 fully saturated rings. The zero-order valence-electron chi connectivity index (χ0n) is 13.6. The van der Waals surface area contributed by atoms with E-state index in [9.17, 15) is 14.0 Å². The molecular weight excluding hydrogens is 331 g/mol. The number of hydrogen-bond donors (Lipinski definition) is 2. The summed E-state index contributed by atoms with van der Waals surface area (Å²) < 4.78 is 13.0. The summed E-state index contributed by atoms with van der Waals surface area (Å²) in [7, 11) is 3.99. The number of nitrogens with zero attached hydrogens (tertiary/aromatic N) is 2. The number of nitrogens with one attached hydrogen (secondary N) is 2. The van der Waals surface area contributed by atoms with Crippen molar-refractivity contribution >= 4 is 35.4 Å². The second-order valence-corrected chi connectivity index (χ2v) is 6.22. The Labute approximate surface area is 145 Å². The van der Waals surface area contributed by atoms with Gasteiger partial charge in [0, 0.05) is 6.21 Å². The lowest BCUT2D eigenvalue weighted by Crippen LogP contribution is -3.06. The molecule has 24 heavy (non-hydrogen) atoms. The number of benzene rings is 1. The summed E-state index contributed by atoms with van der Waals surface area (Å²) in [6.07, 6.45) is 1.38. The lowest BCUT2D eigenvalue weighted by molar-refractivity contribution is -0.856. The second-order valence-electron chi connectivity index (χ2n) is 5.84. The monoisotopic (exact) mass is 351 g/mol. The third-order valence-electron chi connectivity index (χ3n) is 3.54. The summed E-state index contributed by atoms with van der Waals surface area (Å²) in [4.78, 5) is 31.2. The van der Waals surface area contributed by atoms with Gasteiger partial charge in [-0.05, 0) is 29.9 Å². The van der Waals surface area contributed by atoms with Crippen molar-refractivity contribution in [3.05, 3.63) is 35.6 Å². The fourth-order valence-electron chi connectivity index (χ4n) is 2.15. The van der Waals surface area contributed by atoms with E-state index in [0.29, 0.717) is 6.54 Å². The number of halogens is 1. The van der Waals surface area contributed by atoms with Gasteiger partial charge in [-0.25, -0.2) is 4.39 Å². The third-order valence-corrected chi connectivity index (χ3v) is 3.86. The fourth-order valence-corrected chi connectivity index (χ4v) is 2.41. The largest absolute Gasteiger partial charge is 0.338 e. The molecule has 6 nitrogen and oxygen atoms in total. The molecule has 0 bridgehead atoms. The summed E-state index contributed by atoms with van der Waals surface area (Å²) in [6, 6.07) is 5.77. The average Bonchev–Trinajstić information content (AvgIpc) is 2.52. The van der Waals surface area contributed by atoms with Crippen molar-refractivity contribution in [2.45, 2.75) is 6.54 Å². The van der Waals surface area contributed by atoms with Crippen molar-refractivity contribution in [3.8, 4) is 0 Å². The van der Waals surface area contributed by atoms with Crippen molar-refractivity contribution in [1.82, 2.24) is 10.2 Å². The van der Waals surface area contributed by atoms with Gasteiger partial charge >= 0.3 is 0 Å². The van der Waals surface area contributed by atoms with E-state index in [1.165, 1.54) is 28.1 Å². The molecule has 1 aliphatic rings. The summed E-state index contributed by atoms with van der Waals surface area (Å²) in [6.45, 7) is 1.50. The van der Waals surface area contributed by atoms with Crippen molar-refractivity contribution in [3.63, 3.8) is 0 Å². The number of likely N-dealkylation sites (N-methyl/N-ethyl adjacent to an activating group) is 1. The Morgan fingerprint density at radius 2 is 2.00 bits per heavy atom. The summed E-state index contributed by atoms with van der Waals surface area (Å²) in [5.74, 6) is -2.24. The molecule has 1 heterocycles. The molecule has 1 aromatic carbocycles. The van der Waals surface area contributed by atoms with Gasteiger partial charge in [-0.2, -0.15) is 0 Å². The molecule has 0 radical (unpaired) electrons. The molecule has 0 aromatic heterocycles. The summed E-state index contributed by atoms with van der Waals surface area (Å²) in [5, 5.41) is 2.57. The molecule has 1 unspecified atom stereocenters. The van der Waals surface area contributed by atoms with Gasteiger partial charge in [0.15, 0.2) is 11.0 Å².